The average molecular weight is 420 g/mol. The van der Waals surface area contributed by atoms with Gasteiger partial charge in [-0.3, -0.25) is 9.69 Å². The molecule has 1 aliphatic heterocycles. The molecule has 2 aromatic rings. The van der Waals surface area contributed by atoms with Crippen molar-refractivity contribution in [1.29, 1.82) is 0 Å². The number of hydrogen-bond donors (Lipinski definition) is 1. The summed E-state index contributed by atoms with van der Waals surface area (Å²) < 4.78 is 39.8. The van der Waals surface area contributed by atoms with Crippen LogP contribution in [0.4, 0.5) is 4.39 Å². The van der Waals surface area contributed by atoms with Gasteiger partial charge in [0.25, 0.3) is 0 Å². The second-order valence-electron chi connectivity index (χ2n) is 7.10. The highest BCUT2D eigenvalue weighted by molar-refractivity contribution is 7.89. The number of rotatable bonds is 7. The van der Waals surface area contributed by atoms with Crippen molar-refractivity contribution in [2.45, 2.75) is 24.3 Å². The lowest BCUT2D eigenvalue weighted by atomic mass is 10.1. The number of nitrogens with one attached hydrogen (secondary N) is 1. The number of hydrogen-bond acceptors (Lipinski definition) is 4. The molecule has 1 atom stereocenters. The molecule has 1 heterocycles. The fourth-order valence-corrected chi connectivity index (χ4v) is 4.81. The van der Waals surface area contributed by atoms with Gasteiger partial charge in [0.05, 0.1) is 10.9 Å². The number of benzene rings is 2. The Morgan fingerprint density at radius 1 is 1.03 bits per heavy atom. The van der Waals surface area contributed by atoms with Crippen molar-refractivity contribution in [3.05, 3.63) is 66.0 Å². The SMILES string of the molecule is C[C@@H](C(=O)NCCc1ccc(F)cc1)N1CCN(S(=O)(=O)c2ccccc2)CC1. The summed E-state index contributed by atoms with van der Waals surface area (Å²) in [6.07, 6.45) is 0.627. The van der Waals surface area contributed by atoms with Gasteiger partial charge in [-0.2, -0.15) is 4.31 Å². The lowest BCUT2D eigenvalue weighted by Crippen LogP contribution is -2.55. The second-order valence-corrected chi connectivity index (χ2v) is 9.03. The number of halogens is 1. The number of piperazine rings is 1. The van der Waals surface area contributed by atoms with Crippen LogP contribution in [0.15, 0.2) is 59.5 Å². The van der Waals surface area contributed by atoms with E-state index in [2.05, 4.69) is 5.32 Å². The normalized spacial score (nSPS) is 17.0. The monoisotopic (exact) mass is 419 g/mol. The molecule has 1 saturated heterocycles. The maximum absolute atomic E-state index is 12.9. The smallest absolute Gasteiger partial charge is 0.243 e. The molecule has 1 amide bonds. The Kier molecular flexibility index (Phi) is 7.00. The van der Waals surface area contributed by atoms with E-state index >= 15 is 0 Å². The molecule has 3 rings (SSSR count). The first-order valence-corrected chi connectivity index (χ1v) is 11.1. The summed E-state index contributed by atoms with van der Waals surface area (Å²) in [7, 11) is -3.50. The van der Waals surface area contributed by atoms with Crippen molar-refractivity contribution in [3.63, 3.8) is 0 Å². The molecule has 6 nitrogen and oxygen atoms in total. The van der Waals surface area contributed by atoms with Gasteiger partial charge in [-0.25, -0.2) is 12.8 Å². The molecule has 0 aliphatic carbocycles. The topological polar surface area (TPSA) is 69.7 Å². The van der Waals surface area contributed by atoms with Crippen LogP contribution in [-0.2, 0) is 21.2 Å². The fourth-order valence-electron chi connectivity index (χ4n) is 3.37. The van der Waals surface area contributed by atoms with Crippen LogP contribution < -0.4 is 5.32 Å². The van der Waals surface area contributed by atoms with Crippen LogP contribution in [0.5, 0.6) is 0 Å². The van der Waals surface area contributed by atoms with E-state index in [-0.39, 0.29) is 17.8 Å². The summed E-state index contributed by atoms with van der Waals surface area (Å²) in [5.41, 5.74) is 0.957. The van der Waals surface area contributed by atoms with Gasteiger partial charge in [0, 0.05) is 32.7 Å². The van der Waals surface area contributed by atoms with Gasteiger partial charge in [-0.05, 0) is 43.2 Å². The van der Waals surface area contributed by atoms with Gasteiger partial charge in [0.15, 0.2) is 0 Å². The maximum Gasteiger partial charge on any atom is 0.243 e. The third-order valence-electron chi connectivity index (χ3n) is 5.21. The van der Waals surface area contributed by atoms with E-state index in [1.165, 1.54) is 16.4 Å². The number of amides is 1. The highest BCUT2D eigenvalue weighted by Gasteiger charge is 2.31. The van der Waals surface area contributed by atoms with Crippen molar-refractivity contribution >= 4 is 15.9 Å². The van der Waals surface area contributed by atoms with E-state index in [9.17, 15) is 17.6 Å². The van der Waals surface area contributed by atoms with E-state index in [1.54, 1.807) is 42.5 Å². The Labute approximate surface area is 171 Å². The molecular weight excluding hydrogens is 393 g/mol. The summed E-state index contributed by atoms with van der Waals surface area (Å²) in [4.78, 5) is 14.7. The van der Waals surface area contributed by atoms with E-state index < -0.39 is 10.0 Å². The van der Waals surface area contributed by atoms with Crippen LogP contribution >= 0.6 is 0 Å². The van der Waals surface area contributed by atoms with Crippen molar-refractivity contribution in [3.8, 4) is 0 Å². The van der Waals surface area contributed by atoms with Gasteiger partial charge in [-0.15, -0.1) is 0 Å². The lowest BCUT2D eigenvalue weighted by Gasteiger charge is -2.36. The lowest BCUT2D eigenvalue weighted by molar-refractivity contribution is -0.126. The summed E-state index contributed by atoms with van der Waals surface area (Å²) in [5.74, 6) is -0.369. The van der Waals surface area contributed by atoms with Gasteiger partial charge in [-0.1, -0.05) is 30.3 Å². The Morgan fingerprint density at radius 2 is 1.66 bits per heavy atom. The first kappa shape index (κ1) is 21.4. The highest BCUT2D eigenvalue weighted by atomic mass is 32.2. The molecule has 2 aromatic carbocycles. The van der Waals surface area contributed by atoms with Gasteiger partial charge in [0.1, 0.15) is 5.82 Å². The van der Waals surface area contributed by atoms with Crippen LogP contribution in [0, 0.1) is 5.82 Å². The molecule has 0 spiro atoms. The summed E-state index contributed by atoms with van der Waals surface area (Å²) in [6, 6.07) is 14.3. The van der Waals surface area contributed by atoms with Crippen molar-refractivity contribution < 1.29 is 17.6 Å². The minimum atomic E-state index is -3.50. The van der Waals surface area contributed by atoms with Gasteiger partial charge >= 0.3 is 0 Å². The maximum atomic E-state index is 12.9. The number of carbonyl (C=O) groups is 1. The third-order valence-corrected chi connectivity index (χ3v) is 7.12. The van der Waals surface area contributed by atoms with Crippen LogP contribution in [0.2, 0.25) is 0 Å². The minimum absolute atomic E-state index is 0.0912. The van der Waals surface area contributed by atoms with E-state index in [4.69, 9.17) is 0 Å². The van der Waals surface area contributed by atoms with Gasteiger partial charge in [0.2, 0.25) is 15.9 Å². The van der Waals surface area contributed by atoms with Crippen LogP contribution in [0.1, 0.15) is 12.5 Å². The predicted octanol–water partition coefficient (Wildman–Crippen LogP) is 1.88. The standard InChI is InChI=1S/C21H26FN3O3S/c1-17(21(26)23-12-11-18-7-9-19(22)10-8-18)24-13-15-25(16-14-24)29(27,28)20-5-3-2-4-6-20/h2-10,17H,11-16H2,1H3,(H,23,26)/t17-/m0/s1. The molecule has 156 valence electrons. The number of carbonyl (C=O) groups excluding carboxylic acids is 1. The molecule has 1 aliphatic rings. The van der Waals surface area contributed by atoms with Crippen molar-refractivity contribution in [1.82, 2.24) is 14.5 Å². The minimum Gasteiger partial charge on any atom is -0.354 e. The Balaban J connectivity index is 1.47. The molecule has 1 N–H and O–H groups in total. The molecule has 0 bridgehead atoms. The van der Waals surface area contributed by atoms with Crippen molar-refractivity contribution in [2.75, 3.05) is 32.7 Å². The number of sulfonamides is 1. The Morgan fingerprint density at radius 3 is 2.28 bits per heavy atom. The molecule has 0 aromatic heterocycles. The Hall–Kier alpha value is -2.29. The number of nitrogens with zero attached hydrogens (tertiary/aromatic N) is 2. The van der Waals surface area contributed by atoms with Crippen LogP contribution in [-0.4, -0.2) is 62.3 Å². The first-order valence-electron chi connectivity index (χ1n) is 9.69. The Bertz CT molecular complexity index is 912. The first-order chi connectivity index (χ1) is 13.9. The van der Waals surface area contributed by atoms with E-state index in [0.29, 0.717) is 44.0 Å². The van der Waals surface area contributed by atoms with Gasteiger partial charge < -0.3 is 5.32 Å². The zero-order chi connectivity index (χ0) is 20.9. The molecule has 29 heavy (non-hydrogen) atoms. The molecule has 8 heteroatoms. The third kappa shape index (κ3) is 5.41. The predicted molar refractivity (Wildman–Crippen MR) is 109 cm³/mol. The highest BCUT2D eigenvalue weighted by Crippen LogP contribution is 2.18. The zero-order valence-corrected chi connectivity index (χ0v) is 17.2. The fraction of sp³-hybridized carbons (Fsp3) is 0.381. The second kappa shape index (κ2) is 9.47. The van der Waals surface area contributed by atoms with Crippen LogP contribution in [0.25, 0.3) is 0 Å². The molecule has 0 unspecified atom stereocenters. The molecule has 0 saturated carbocycles. The quantitative estimate of drug-likeness (QED) is 0.744. The van der Waals surface area contributed by atoms with Crippen molar-refractivity contribution in [2.24, 2.45) is 0 Å². The molecular formula is C21H26FN3O3S. The summed E-state index contributed by atoms with van der Waals surface area (Å²) in [5, 5.41) is 2.90. The van der Waals surface area contributed by atoms with Crippen LogP contribution in [0.3, 0.4) is 0 Å². The molecule has 1 fully saturated rings. The van der Waals surface area contributed by atoms with E-state index in [1.807, 2.05) is 11.8 Å². The summed E-state index contributed by atoms with van der Waals surface area (Å²) >= 11 is 0. The largest absolute Gasteiger partial charge is 0.354 e. The van der Waals surface area contributed by atoms with E-state index in [0.717, 1.165) is 5.56 Å². The zero-order valence-electron chi connectivity index (χ0n) is 16.4. The molecule has 0 radical (unpaired) electrons. The summed E-state index contributed by atoms with van der Waals surface area (Å²) in [6.45, 7) is 4.00. The average Bonchev–Trinajstić information content (AvgIpc) is 2.75.